The van der Waals surface area contributed by atoms with Crippen molar-refractivity contribution in [1.82, 2.24) is 0 Å². The summed E-state index contributed by atoms with van der Waals surface area (Å²) >= 11 is 0. The van der Waals surface area contributed by atoms with E-state index in [4.69, 9.17) is 14.2 Å². The number of rotatable bonds is 11. The fourth-order valence-electron chi connectivity index (χ4n) is 3.71. The average molecular weight is 459 g/mol. The highest BCUT2D eigenvalue weighted by Crippen LogP contribution is 2.23. The summed E-state index contributed by atoms with van der Waals surface area (Å²) in [6, 6.07) is 24.9. The van der Waals surface area contributed by atoms with Crippen LogP contribution in [-0.4, -0.2) is 31.9 Å². The summed E-state index contributed by atoms with van der Waals surface area (Å²) in [5.74, 6) is 0.462. The van der Waals surface area contributed by atoms with Crippen molar-refractivity contribution in [2.45, 2.75) is 40.2 Å². The molecule has 178 valence electrons. The Hall–Kier alpha value is -3.37. The number of benzene rings is 3. The number of carbonyl (C=O) groups is 1. The zero-order valence-corrected chi connectivity index (χ0v) is 20.5. The number of hydrogen-bond donors (Lipinski definition) is 0. The van der Waals surface area contributed by atoms with Gasteiger partial charge in [0.15, 0.2) is 6.10 Å². The van der Waals surface area contributed by atoms with Gasteiger partial charge in [-0.2, -0.15) is 0 Å². The van der Waals surface area contributed by atoms with Crippen LogP contribution in [0.15, 0.2) is 78.9 Å². The van der Waals surface area contributed by atoms with Crippen LogP contribution in [0.25, 0.3) is 16.7 Å². The first-order valence-electron chi connectivity index (χ1n) is 11.8. The van der Waals surface area contributed by atoms with Gasteiger partial charge >= 0.3 is 5.97 Å². The Morgan fingerprint density at radius 2 is 1.65 bits per heavy atom. The SMILES string of the molecule is CCOC(=O)[C@H](Cc1ccc(OC/C=C(\C)c2ccc(-c3cccc(C)c3)cc2)cc1)OCC. The summed E-state index contributed by atoms with van der Waals surface area (Å²) in [6.45, 7) is 9.16. The molecule has 4 nitrogen and oxygen atoms in total. The van der Waals surface area contributed by atoms with Crippen LogP contribution in [0.5, 0.6) is 5.75 Å². The van der Waals surface area contributed by atoms with Crippen LogP contribution in [0.2, 0.25) is 0 Å². The Morgan fingerprint density at radius 3 is 2.29 bits per heavy atom. The Balaban J connectivity index is 1.55. The van der Waals surface area contributed by atoms with E-state index >= 15 is 0 Å². The van der Waals surface area contributed by atoms with Crippen molar-refractivity contribution in [1.29, 1.82) is 0 Å². The lowest BCUT2D eigenvalue weighted by Crippen LogP contribution is -2.28. The highest BCUT2D eigenvalue weighted by Gasteiger charge is 2.20. The quantitative estimate of drug-likeness (QED) is 0.302. The summed E-state index contributed by atoms with van der Waals surface area (Å²) < 4.78 is 16.5. The van der Waals surface area contributed by atoms with Gasteiger partial charge in [-0.05, 0) is 73.7 Å². The van der Waals surface area contributed by atoms with Crippen LogP contribution in [0.3, 0.4) is 0 Å². The second kappa shape index (κ2) is 12.8. The molecule has 0 aromatic heterocycles. The molecule has 0 heterocycles. The molecule has 0 radical (unpaired) electrons. The molecular formula is C30H34O4. The van der Waals surface area contributed by atoms with Crippen LogP contribution in [0, 0.1) is 6.92 Å². The van der Waals surface area contributed by atoms with E-state index < -0.39 is 6.10 Å². The highest BCUT2D eigenvalue weighted by molar-refractivity contribution is 5.75. The number of hydrogen-bond acceptors (Lipinski definition) is 4. The van der Waals surface area contributed by atoms with Crippen molar-refractivity contribution in [3.05, 3.63) is 95.6 Å². The summed E-state index contributed by atoms with van der Waals surface area (Å²) in [6.07, 6.45) is 1.98. The maximum Gasteiger partial charge on any atom is 0.335 e. The second-order valence-corrected chi connectivity index (χ2v) is 8.19. The largest absolute Gasteiger partial charge is 0.490 e. The number of allylic oxidation sites excluding steroid dienone is 1. The molecular weight excluding hydrogens is 424 g/mol. The monoisotopic (exact) mass is 458 g/mol. The molecule has 3 rings (SSSR count). The second-order valence-electron chi connectivity index (χ2n) is 8.19. The van der Waals surface area contributed by atoms with Crippen molar-refractivity contribution < 1.29 is 19.0 Å². The molecule has 34 heavy (non-hydrogen) atoms. The van der Waals surface area contributed by atoms with Gasteiger partial charge in [0, 0.05) is 13.0 Å². The average Bonchev–Trinajstić information content (AvgIpc) is 2.85. The zero-order valence-electron chi connectivity index (χ0n) is 20.5. The predicted molar refractivity (Wildman–Crippen MR) is 138 cm³/mol. The van der Waals surface area contributed by atoms with Crippen LogP contribution in [-0.2, 0) is 20.7 Å². The van der Waals surface area contributed by atoms with Crippen LogP contribution in [0.4, 0.5) is 0 Å². The predicted octanol–water partition coefficient (Wildman–Crippen LogP) is 6.66. The van der Waals surface area contributed by atoms with E-state index in [0.717, 1.165) is 11.3 Å². The van der Waals surface area contributed by atoms with Crippen molar-refractivity contribution >= 4 is 11.5 Å². The van der Waals surface area contributed by atoms with Gasteiger partial charge < -0.3 is 14.2 Å². The zero-order chi connectivity index (χ0) is 24.3. The Morgan fingerprint density at radius 1 is 0.912 bits per heavy atom. The number of aryl methyl sites for hydroxylation is 1. The molecule has 0 fully saturated rings. The molecule has 0 saturated carbocycles. The minimum absolute atomic E-state index is 0.322. The summed E-state index contributed by atoms with van der Waals surface area (Å²) in [5.41, 5.74) is 7.05. The van der Waals surface area contributed by atoms with Crippen molar-refractivity contribution in [2.24, 2.45) is 0 Å². The van der Waals surface area contributed by atoms with E-state index in [1.807, 2.05) is 31.2 Å². The lowest BCUT2D eigenvalue weighted by atomic mass is 10.00. The van der Waals surface area contributed by atoms with Gasteiger partial charge in [0.2, 0.25) is 0 Å². The Kier molecular flexibility index (Phi) is 9.48. The highest BCUT2D eigenvalue weighted by atomic mass is 16.6. The third-order valence-corrected chi connectivity index (χ3v) is 5.59. The minimum atomic E-state index is -0.584. The van der Waals surface area contributed by atoms with Crippen LogP contribution in [0.1, 0.15) is 37.5 Å². The number of esters is 1. The maximum atomic E-state index is 12.1. The molecule has 0 spiro atoms. The van der Waals surface area contributed by atoms with E-state index in [1.54, 1.807) is 6.92 Å². The van der Waals surface area contributed by atoms with E-state index in [2.05, 4.69) is 68.5 Å². The number of ether oxygens (including phenoxy) is 3. The molecule has 0 unspecified atom stereocenters. The standard InChI is InChI=1S/C30H34O4/c1-5-32-29(30(31)33-6-2)21-24-10-16-28(17-11-24)34-19-18-23(4)25-12-14-26(15-13-25)27-9-7-8-22(3)20-27/h7-18,20,29H,5-6,19,21H2,1-4H3/b23-18+/t29-/m0/s1. The maximum absolute atomic E-state index is 12.1. The summed E-state index contributed by atoms with van der Waals surface area (Å²) in [7, 11) is 0. The van der Waals surface area contributed by atoms with Gasteiger partial charge in [-0.15, -0.1) is 0 Å². The minimum Gasteiger partial charge on any atom is -0.490 e. The van der Waals surface area contributed by atoms with E-state index in [0.29, 0.717) is 26.2 Å². The molecule has 0 bridgehead atoms. The molecule has 3 aromatic rings. The van der Waals surface area contributed by atoms with Gasteiger partial charge in [0.1, 0.15) is 12.4 Å². The van der Waals surface area contributed by atoms with Gasteiger partial charge in [0.05, 0.1) is 6.61 Å². The third kappa shape index (κ3) is 7.32. The summed E-state index contributed by atoms with van der Waals surface area (Å²) in [4.78, 5) is 12.1. The van der Waals surface area contributed by atoms with E-state index in [-0.39, 0.29) is 5.97 Å². The smallest absolute Gasteiger partial charge is 0.335 e. The number of carbonyl (C=O) groups excluding carboxylic acids is 1. The van der Waals surface area contributed by atoms with Gasteiger partial charge in [0.25, 0.3) is 0 Å². The molecule has 0 aliphatic rings. The lowest BCUT2D eigenvalue weighted by molar-refractivity contribution is -0.156. The third-order valence-electron chi connectivity index (χ3n) is 5.59. The van der Waals surface area contributed by atoms with Gasteiger partial charge in [-0.25, -0.2) is 4.79 Å². The van der Waals surface area contributed by atoms with Crippen molar-refractivity contribution in [3.63, 3.8) is 0 Å². The van der Waals surface area contributed by atoms with Crippen LogP contribution >= 0.6 is 0 Å². The first-order chi connectivity index (χ1) is 16.5. The van der Waals surface area contributed by atoms with Crippen molar-refractivity contribution in [2.75, 3.05) is 19.8 Å². The van der Waals surface area contributed by atoms with Crippen LogP contribution < -0.4 is 4.74 Å². The first-order valence-corrected chi connectivity index (χ1v) is 11.8. The fourth-order valence-corrected chi connectivity index (χ4v) is 3.71. The van der Waals surface area contributed by atoms with Gasteiger partial charge in [-0.1, -0.05) is 66.2 Å². The Bertz CT molecular complexity index is 1080. The van der Waals surface area contributed by atoms with E-state index in [9.17, 15) is 4.79 Å². The molecule has 0 saturated heterocycles. The van der Waals surface area contributed by atoms with Crippen molar-refractivity contribution in [3.8, 4) is 16.9 Å². The molecule has 0 aliphatic carbocycles. The van der Waals surface area contributed by atoms with E-state index in [1.165, 1.54) is 27.8 Å². The molecule has 0 N–H and O–H groups in total. The summed E-state index contributed by atoms with van der Waals surface area (Å²) in [5, 5.41) is 0. The lowest BCUT2D eigenvalue weighted by Gasteiger charge is -2.15. The molecule has 0 aliphatic heterocycles. The normalized spacial score (nSPS) is 12.3. The fraction of sp³-hybridized carbons (Fsp3) is 0.300. The topological polar surface area (TPSA) is 44.8 Å². The molecule has 1 atom stereocenters. The molecule has 0 amide bonds. The molecule has 4 heteroatoms. The first kappa shape index (κ1) is 25.3. The Labute approximate surface area is 203 Å². The van der Waals surface area contributed by atoms with Gasteiger partial charge in [-0.3, -0.25) is 0 Å². The molecule has 3 aromatic carbocycles.